The second kappa shape index (κ2) is 6.68. The van der Waals surface area contributed by atoms with Crippen LogP contribution >= 0.6 is 0 Å². The highest BCUT2D eigenvalue weighted by molar-refractivity contribution is 5.97. The van der Waals surface area contributed by atoms with Crippen LogP contribution in [0.1, 0.15) is 30.1 Å². The van der Waals surface area contributed by atoms with Crippen LogP contribution in [0, 0.1) is 11.6 Å². The van der Waals surface area contributed by atoms with Crippen LogP contribution in [-0.4, -0.2) is 64.8 Å². The van der Waals surface area contributed by atoms with E-state index in [0.717, 1.165) is 29.6 Å². The van der Waals surface area contributed by atoms with Crippen LogP contribution in [-0.2, 0) is 9.53 Å². The average molecular weight is 354 g/mol. The van der Waals surface area contributed by atoms with Gasteiger partial charge in [-0.1, -0.05) is 6.92 Å². The fourth-order valence-electron chi connectivity index (χ4n) is 3.57. The van der Waals surface area contributed by atoms with E-state index in [4.69, 9.17) is 4.74 Å². The van der Waals surface area contributed by atoms with E-state index in [1.807, 2.05) is 6.92 Å². The SMILES string of the molecule is CCN1CCC2(CC1)OC[C@H](C(=O)O)N2C(=O)c1cc(F)ccc1F. The van der Waals surface area contributed by atoms with E-state index in [-0.39, 0.29) is 6.61 Å². The molecule has 1 spiro atoms. The van der Waals surface area contributed by atoms with Crippen LogP contribution < -0.4 is 0 Å². The van der Waals surface area contributed by atoms with Gasteiger partial charge in [0.25, 0.3) is 5.91 Å². The van der Waals surface area contributed by atoms with Crippen molar-refractivity contribution in [3.63, 3.8) is 0 Å². The summed E-state index contributed by atoms with van der Waals surface area (Å²) in [6.07, 6.45) is 0.848. The standard InChI is InChI=1S/C17H20F2N2O4/c1-2-20-7-5-17(6-8-20)21(14(10-25-17)16(23)24)15(22)12-9-11(18)3-4-13(12)19/h3-4,9,14H,2,5-8,10H2,1H3,(H,23,24)/t14-/m1/s1. The Morgan fingerprint density at radius 2 is 2.00 bits per heavy atom. The van der Waals surface area contributed by atoms with Crippen LogP contribution in [0.3, 0.4) is 0 Å². The molecular weight excluding hydrogens is 334 g/mol. The summed E-state index contributed by atoms with van der Waals surface area (Å²) in [4.78, 5) is 27.8. The van der Waals surface area contributed by atoms with Crippen molar-refractivity contribution in [1.82, 2.24) is 9.80 Å². The van der Waals surface area contributed by atoms with Gasteiger partial charge in [-0.2, -0.15) is 0 Å². The molecule has 2 aliphatic rings. The number of halogens is 2. The number of nitrogens with zero attached hydrogens (tertiary/aromatic N) is 2. The second-order valence-corrected chi connectivity index (χ2v) is 6.34. The maximum absolute atomic E-state index is 14.1. The van der Waals surface area contributed by atoms with Crippen molar-refractivity contribution in [3.05, 3.63) is 35.4 Å². The molecule has 3 rings (SSSR count). The number of carboxylic acid groups (broad SMARTS) is 1. The lowest BCUT2D eigenvalue weighted by Crippen LogP contribution is -2.58. The zero-order chi connectivity index (χ0) is 18.2. The van der Waals surface area contributed by atoms with Gasteiger partial charge in [-0.15, -0.1) is 0 Å². The molecule has 0 radical (unpaired) electrons. The molecular formula is C17H20F2N2O4. The van der Waals surface area contributed by atoms with Crippen molar-refractivity contribution in [3.8, 4) is 0 Å². The summed E-state index contributed by atoms with van der Waals surface area (Å²) in [5, 5.41) is 9.46. The van der Waals surface area contributed by atoms with Gasteiger partial charge in [-0.3, -0.25) is 9.69 Å². The Bertz CT molecular complexity index is 689. The first kappa shape index (κ1) is 17.8. The fraction of sp³-hybridized carbons (Fsp3) is 0.529. The minimum absolute atomic E-state index is 0.163. The number of ether oxygens (including phenoxy) is 1. The van der Waals surface area contributed by atoms with Crippen LogP contribution in [0.2, 0.25) is 0 Å². The molecule has 0 saturated carbocycles. The monoisotopic (exact) mass is 354 g/mol. The van der Waals surface area contributed by atoms with E-state index in [0.29, 0.717) is 25.9 Å². The first-order chi connectivity index (χ1) is 11.9. The third-order valence-corrected chi connectivity index (χ3v) is 5.01. The number of carbonyl (C=O) groups excluding carboxylic acids is 1. The van der Waals surface area contributed by atoms with Gasteiger partial charge in [0, 0.05) is 25.9 Å². The van der Waals surface area contributed by atoms with Gasteiger partial charge in [-0.05, 0) is 24.7 Å². The topological polar surface area (TPSA) is 70.1 Å². The number of benzene rings is 1. The Labute approximate surface area is 144 Å². The van der Waals surface area contributed by atoms with E-state index in [1.165, 1.54) is 0 Å². The molecule has 6 nitrogen and oxygen atoms in total. The van der Waals surface area contributed by atoms with Gasteiger partial charge in [0.15, 0.2) is 6.04 Å². The highest BCUT2D eigenvalue weighted by atomic mass is 19.1. The summed E-state index contributed by atoms with van der Waals surface area (Å²) < 4.78 is 33.3. The van der Waals surface area contributed by atoms with Gasteiger partial charge in [-0.25, -0.2) is 13.6 Å². The first-order valence-electron chi connectivity index (χ1n) is 8.26. The molecule has 2 heterocycles. The quantitative estimate of drug-likeness (QED) is 0.895. The van der Waals surface area contributed by atoms with Crippen LogP contribution in [0.15, 0.2) is 18.2 Å². The Balaban J connectivity index is 1.97. The molecule has 0 aliphatic carbocycles. The zero-order valence-corrected chi connectivity index (χ0v) is 13.9. The van der Waals surface area contributed by atoms with Crippen molar-refractivity contribution in [2.45, 2.75) is 31.5 Å². The smallest absolute Gasteiger partial charge is 0.328 e. The summed E-state index contributed by atoms with van der Waals surface area (Å²) in [5.74, 6) is -3.72. The molecule has 1 aromatic carbocycles. The van der Waals surface area contributed by atoms with Crippen LogP contribution in [0.5, 0.6) is 0 Å². The molecule has 0 unspecified atom stereocenters. The van der Waals surface area contributed by atoms with Gasteiger partial charge in [0.05, 0.1) is 12.2 Å². The van der Waals surface area contributed by atoms with Crippen molar-refractivity contribution < 1.29 is 28.2 Å². The molecule has 25 heavy (non-hydrogen) atoms. The first-order valence-corrected chi connectivity index (χ1v) is 8.26. The molecule has 2 fully saturated rings. The van der Waals surface area contributed by atoms with Crippen molar-refractivity contribution in [2.24, 2.45) is 0 Å². The predicted molar refractivity (Wildman–Crippen MR) is 84.0 cm³/mol. The Morgan fingerprint density at radius 1 is 1.32 bits per heavy atom. The van der Waals surface area contributed by atoms with Crippen LogP contribution in [0.4, 0.5) is 8.78 Å². The highest BCUT2D eigenvalue weighted by Crippen LogP contribution is 2.38. The van der Waals surface area contributed by atoms with Crippen molar-refractivity contribution in [1.29, 1.82) is 0 Å². The van der Waals surface area contributed by atoms with E-state index in [9.17, 15) is 23.5 Å². The number of aliphatic carboxylic acids is 1. The molecule has 0 bridgehead atoms. The third-order valence-electron chi connectivity index (χ3n) is 5.01. The lowest BCUT2D eigenvalue weighted by molar-refractivity contribution is -0.143. The summed E-state index contributed by atoms with van der Waals surface area (Å²) >= 11 is 0. The number of carbonyl (C=O) groups is 2. The Kier molecular flexibility index (Phi) is 4.75. The number of carboxylic acids is 1. The van der Waals surface area contributed by atoms with Gasteiger partial charge in [0.1, 0.15) is 17.4 Å². The number of hydrogen-bond acceptors (Lipinski definition) is 4. The normalized spacial score (nSPS) is 23.2. The highest BCUT2D eigenvalue weighted by Gasteiger charge is 2.54. The van der Waals surface area contributed by atoms with Gasteiger partial charge < -0.3 is 14.7 Å². The average Bonchev–Trinajstić information content (AvgIpc) is 2.96. The summed E-state index contributed by atoms with van der Waals surface area (Å²) in [5.41, 5.74) is -1.57. The maximum atomic E-state index is 14.1. The molecule has 0 aromatic heterocycles. The molecule has 2 saturated heterocycles. The number of amides is 1. The van der Waals surface area contributed by atoms with E-state index in [2.05, 4.69) is 4.90 Å². The van der Waals surface area contributed by atoms with Crippen molar-refractivity contribution >= 4 is 11.9 Å². The second-order valence-electron chi connectivity index (χ2n) is 6.34. The zero-order valence-electron chi connectivity index (χ0n) is 13.9. The van der Waals surface area contributed by atoms with Gasteiger partial charge in [0.2, 0.25) is 0 Å². The maximum Gasteiger partial charge on any atom is 0.328 e. The molecule has 1 N–H and O–H groups in total. The Hall–Kier alpha value is -2.06. The fourth-order valence-corrected chi connectivity index (χ4v) is 3.57. The lowest BCUT2D eigenvalue weighted by Gasteiger charge is -2.44. The van der Waals surface area contributed by atoms with Crippen LogP contribution in [0.25, 0.3) is 0 Å². The van der Waals surface area contributed by atoms with Crippen molar-refractivity contribution in [2.75, 3.05) is 26.2 Å². The number of piperidine rings is 1. The summed E-state index contributed by atoms with van der Waals surface area (Å²) in [7, 11) is 0. The molecule has 1 atom stereocenters. The minimum atomic E-state index is -1.22. The number of hydrogen-bond donors (Lipinski definition) is 1. The summed E-state index contributed by atoms with van der Waals surface area (Å²) in [6.45, 7) is 3.96. The molecule has 8 heteroatoms. The summed E-state index contributed by atoms with van der Waals surface area (Å²) in [6, 6.07) is 1.35. The molecule has 1 amide bonds. The van der Waals surface area contributed by atoms with E-state index < -0.39 is 40.8 Å². The number of rotatable bonds is 3. The van der Waals surface area contributed by atoms with E-state index >= 15 is 0 Å². The lowest BCUT2D eigenvalue weighted by atomic mass is 9.96. The number of likely N-dealkylation sites (tertiary alicyclic amines) is 1. The largest absolute Gasteiger partial charge is 0.480 e. The molecule has 1 aromatic rings. The third kappa shape index (κ3) is 3.11. The minimum Gasteiger partial charge on any atom is -0.480 e. The molecule has 136 valence electrons. The van der Waals surface area contributed by atoms with E-state index in [1.54, 1.807) is 0 Å². The van der Waals surface area contributed by atoms with Gasteiger partial charge >= 0.3 is 5.97 Å². The predicted octanol–water partition coefficient (Wildman–Crippen LogP) is 1.70. The Morgan fingerprint density at radius 3 is 2.60 bits per heavy atom. The molecule has 2 aliphatic heterocycles.